The molecule has 6 N–H and O–H groups in total. The summed E-state index contributed by atoms with van der Waals surface area (Å²) in [6.07, 6.45) is -0.244. The Balaban J connectivity index is 1.77. The molecule has 0 aromatic carbocycles. The van der Waals surface area contributed by atoms with Crippen molar-refractivity contribution >= 4 is 23.7 Å². The highest BCUT2D eigenvalue weighted by atomic mass is 16.4. The minimum atomic E-state index is -1.15. The Morgan fingerprint density at radius 2 is 2.04 bits per heavy atom. The normalized spacial score (nSPS) is 31.5. The molecular formula is C17H25N5O5. The lowest BCUT2D eigenvalue weighted by Crippen LogP contribution is -2.63. The third-order valence-electron chi connectivity index (χ3n) is 5.77. The highest BCUT2D eigenvalue weighted by Gasteiger charge is 2.59. The molecule has 5 unspecified atom stereocenters. The zero-order valence-corrected chi connectivity index (χ0v) is 15.3. The van der Waals surface area contributed by atoms with Gasteiger partial charge in [-0.05, 0) is 25.5 Å². The summed E-state index contributed by atoms with van der Waals surface area (Å²) in [4.78, 5) is 43.0. The predicted octanol–water partition coefficient (Wildman–Crippen LogP) is -1.70. The maximum absolute atomic E-state index is 12.3. The van der Waals surface area contributed by atoms with E-state index in [1.165, 1.54) is 4.90 Å². The topological polar surface area (TPSA) is 163 Å². The van der Waals surface area contributed by atoms with Gasteiger partial charge in [-0.25, -0.2) is 4.79 Å². The number of likely N-dealkylation sites (tertiary alicyclic amines) is 1. The van der Waals surface area contributed by atoms with Crippen LogP contribution in [0.5, 0.6) is 0 Å². The fourth-order valence-electron chi connectivity index (χ4n) is 4.49. The van der Waals surface area contributed by atoms with Crippen LogP contribution in [-0.2, 0) is 14.4 Å². The first-order chi connectivity index (χ1) is 12.6. The number of amides is 2. The van der Waals surface area contributed by atoms with Crippen LogP contribution in [0.15, 0.2) is 16.3 Å². The Labute approximate surface area is 156 Å². The van der Waals surface area contributed by atoms with Crippen molar-refractivity contribution in [3.05, 3.63) is 11.3 Å². The van der Waals surface area contributed by atoms with Crippen LogP contribution in [-0.4, -0.2) is 75.5 Å². The van der Waals surface area contributed by atoms with Crippen LogP contribution in [0, 0.1) is 17.8 Å². The van der Waals surface area contributed by atoms with Crippen LogP contribution in [0.4, 0.5) is 0 Å². The molecule has 0 aromatic rings. The number of guanidine groups is 1. The number of aliphatic imine (C=N–C) groups is 1. The van der Waals surface area contributed by atoms with Gasteiger partial charge >= 0.3 is 5.97 Å². The van der Waals surface area contributed by atoms with E-state index in [1.54, 1.807) is 6.92 Å². The molecule has 2 amide bonds. The van der Waals surface area contributed by atoms with Gasteiger partial charge in [0.25, 0.3) is 5.91 Å². The summed E-state index contributed by atoms with van der Waals surface area (Å²) < 4.78 is 0. The summed E-state index contributed by atoms with van der Waals surface area (Å²) in [6.45, 7) is 4.81. The van der Waals surface area contributed by atoms with E-state index < -0.39 is 18.0 Å². The van der Waals surface area contributed by atoms with Crippen molar-refractivity contribution in [2.45, 2.75) is 32.4 Å². The van der Waals surface area contributed by atoms with Gasteiger partial charge in [-0.1, -0.05) is 6.92 Å². The maximum atomic E-state index is 12.3. The quantitative estimate of drug-likeness (QED) is 0.250. The van der Waals surface area contributed by atoms with E-state index in [9.17, 15) is 24.6 Å². The Kier molecular flexibility index (Phi) is 4.96. The Morgan fingerprint density at radius 1 is 1.37 bits per heavy atom. The van der Waals surface area contributed by atoms with Crippen molar-refractivity contribution in [2.75, 3.05) is 19.6 Å². The second-order valence-electron chi connectivity index (χ2n) is 7.53. The third-order valence-corrected chi connectivity index (χ3v) is 5.77. The lowest BCUT2D eigenvalue weighted by molar-refractivity contribution is -0.163. The van der Waals surface area contributed by atoms with Gasteiger partial charge in [-0.3, -0.25) is 14.5 Å². The van der Waals surface area contributed by atoms with Gasteiger partial charge in [0.05, 0.1) is 24.0 Å². The molecule has 3 heterocycles. The fraction of sp³-hybridized carbons (Fsp3) is 0.647. The van der Waals surface area contributed by atoms with E-state index in [1.807, 2.05) is 11.8 Å². The van der Waals surface area contributed by atoms with Gasteiger partial charge < -0.3 is 26.6 Å². The SMILES string of the molecule is CC(O)C1C(=O)N2C(C(=O)O)=C(CN3CCC(C(=O)N=C(N)N)C3)C(C)C12. The van der Waals surface area contributed by atoms with Gasteiger partial charge in [0.1, 0.15) is 5.70 Å². The number of hydrogen-bond donors (Lipinski definition) is 4. The molecule has 0 aromatic heterocycles. The monoisotopic (exact) mass is 379 g/mol. The van der Waals surface area contributed by atoms with Crippen molar-refractivity contribution in [3.8, 4) is 0 Å². The smallest absolute Gasteiger partial charge is 0.352 e. The second-order valence-corrected chi connectivity index (χ2v) is 7.53. The average molecular weight is 379 g/mol. The summed E-state index contributed by atoms with van der Waals surface area (Å²) in [5.41, 5.74) is 11.2. The Hall–Kier alpha value is -2.46. The number of rotatable bonds is 5. The highest BCUT2D eigenvalue weighted by Crippen LogP contribution is 2.47. The van der Waals surface area contributed by atoms with Gasteiger partial charge in [0.2, 0.25) is 5.91 Å². The summed E-state index contributed by atoms with van der Waals surface area (Å²) in [7, 11) is 0. The van der Waals surface area contributed by atoms with Crippen LogP contribution < -0.4 is 11.5 Å². The number of β-lactam (4-membered cyclic amide) rings is 1. The summed E-state index contributed by atoms with van der Waals surface area (Å²) >= 11 is 0. The molecule has 27 heavy (non-hydrogen) atoms. The number of carboxylic acids is 1. The number of carbonyl (C=O) groups is 3. The zero-order valence-electron chi connectivity index (χ0n) is 15.3. The molecule has 148 valence electrons. The van der Waals surface area contributed by atoms with Crippen molar-refractivity contribution < 1.29 is 24.6 Å². The number of carboxylic acid groups (broad SMARTS) is 1. The Bertz CT molecular complexity index is 742. The molecule has 0 saturated carbocycles. The van der Waals surface area contributed by atoms with Crippen LogP contribution in [0.3, 0.4) is 0 Å². The van der Waals surface area contributed by atoms with Gasteiger partial charge in [0, 0.05) is 19.0 Å². The van der Waals surface area contributed by atoms with E-state index >= 15 is 0 Å². The highest BCUT2D eigenvalue weighted by molar-refractivity contribution is 6.00. The molecule has 3 aliphatic heterocycles. The lowest BCUT2D eigenvalue weighted by Gasteiger charge is -2.46. The molecule has 10 heteroatoms. The van der Waals surface area contributed by atoms with Gasteiger partial charge in [-0.2, -0.15) is 4.99 Å². The standard InChI is InChI=1S/C17H25N5O5/c1-7-10(6-21-4-3-9(5-21)14(24)20-17(18)19)13(16(26)27)22-12(7)11(8(2)23)15(22)25/h7-9,11-12,23H,3-6H2,1-2H3,(H,26,27)(H4,18,19,20,24). The number of nitrogens with zero attached hydrogens (tertiary/aromatic N) is 3. The van der Waals surface area contributed by atoms with E-state index in [0.717, 1.165) is 0 Å². The minimum absolute atomic E-state index is 0.00778. The molecule has 2 fully saturated rings. The van der Waals surface area contributed by atoms with Gasteiger partial charge in [0.15, 0.2) is 5.96 Å². The first-order valence-electron chi connectivity index (χ1n) is 8.96. The van der Waals surface area contributed by atoms with E-state index in [-0.39, 0.29) is 41.3 Å². The van der Waals surface area contributed by atoms with Crippen LogP contribution >= 0.6 is 0 Å². The molecule has 5 atom stereocenters. The Morgan fingerprint density at radius 3 is 2.59 bits per heavy atom. The molecule has 2 saturated heterocycles. The molecule has 0 aliphatic carbocycles. The number of hydrogen-bond acceptors (Lipinski definition) is 5. The molecule has 3 aliphatic rings. The maximum Gasteiger partial charge on any atom is 0.352 e. The molecule has 3 rings (SSSR count). The first kappa shape index (κ1) is 19.3. The average Bonchev–Trinajstić information content (AvgIpc) is 3.10. The number of carbonyl (C=O) groups excluding carboxylic acids is 2. The van der Waals surface area contributed by atoms with Crippen LogP contribution in [0.1, 0.15) is 20.3 Å². The number of nitrogens with two attached hydrogens (primary N) is 2. The predicted molar refractivity (Wildman–Crippen MR) is 95.0 cm³/mol. The van der Waals surface area contributed by atoms with E-state index in [0.29, 0.717) is 31.6 Å². The fourth-order valence-corrected chi connectivity index (χ4v) is 4.49. The van der Waals surface area contributed by atoms with Crippen LogP contribution in [0.2, 0.25) is 0 Å². The van der Waals surface area contributed by atoms with E-state index in [4.69, 9.17) is 11.5 Å². The number of aliphatic carboxylic acids is 1. The number of aliphatic hydroxyl groups is 1. The van der Waals surface area contributed by atoms with Crippen molar-refractivity contribution in [1.82, 2.24) is 9.80 Å². The van der Waals surface area contributed by atoms with Crippen LogP contribution in [0.25, 0.3) is 0 Å². The molecule has 0 spiro atoms. The number of fused-ring (bicyclic) bond motifs is 1. The minimum Gasteiger partial charge on any atom is -0.477 e. The summed E-state index contributed by atoms with van der Waals surface area (Å²) in [6, 6.07) is -0.333. The largest absolute Gasteiger partial charge is 0.477 e. The third kappa shape index (κ3) is 3.19. The van der Waals surface area contributed by atoms with E-state index in [2.05, 4.69) is 4.99 Å². The summed E-state index contributed by atoms with van der Waals surface area (Å²) in [5.74, 6) is -3.24. The van der Waals surface area contributed by atoms with Crippen molar-refractivity contribution in [1.29, 1.82) is 0 Å². The van der Waals surface area contributed by atoms with Crippen molar-refractivity contribution in [2.24, 2.45) is 34.2 Å². The summed E-state index contributed by atoms with van der Waals surface area (Å²) in [5, 5.41) is 19.5. The van der Waals surface area contributed by atoms with Gasteiger partial charge in [-0.15, -0.1) is 0 Å². The van der Waals surface area contributed by atoms with Crippen molar-refractivity contribution in [3.63, 3.8) is 0 Å². The molecule has 10 nitrogen and oxygen atoms in total. The molecular weight excluding hydrogens is 354 g/mol. The molecule has 0 bridgehead atoms. The lowest BCUT2D eigenvalue weighted by atomic mass is 9.77. The second kappa shape index (κ2) is 6.93. The molecule has 0 radical (unpaired) electrons. The first-order valence-corrected chi connectivity index (χ1v) is 8.96. The zero-order chi connectivity index (χ0) is 20.0. The number of aliphatic hydroxyl groups excluding tert-OH is 1.